The highest BCUT2D eigenvalue weighted by atomic mass is 79.9. The molecule has 0 radical (unpaired) electrons. The third-order valence-electron chi connectivity index (χ3n) is 3.54. The van der Waals surface area contributed by atoms with Crippen LogP contribution in [0.5, 0.6) is 11.8 Å². The minimum Gasteiger partial charge on any atom is -0.424 e. The zero-order chi connectivity index (χ0) is 16.9. The van der Waals surface area contributed by atoms with Crippen LogP contribution in [-0.2, 0) is 4.79 Å². The van der Waals surface area contributed by atoms with E-state index in [9.17, 15) is 4.79 Å². The van der Waals surface area contributed by atoms with Gasteiger partial charge in [0.15, 0.2) is 0 Å². The van der Waals surface area contributed by atoms with E-state index < -0.39 is 0 Å². The zero-order valence-corrected chi connectivity index (χ0v) is 14.1. The van der Waals surface area contributed by atoms with Gasteiger partial charge in [0.2, 0.25) is 5.91 Å². The van der Waals surface area contributed by atoms with E-state index >= 15 is 0 Å². The number of aromatic nitrogens is 2. The molecule has 0 saturated carbocycles. The van der Waals surface area contributed by atoms with Crippen molar-refractivity contribution in [1.29, 1.82) is 0 Å². The van der Waals surface area contributed by atoms with Crippen LogP contribution in [0.1, 0.15) is 6.42 Å². The Kier molecular flexibility index (Phi) is 4.93. The van der Waals surface area contributed by atoms with E-state index in [4.69, 9.17) is 10.3 Å². The van der Waals surface area contributed by atoms with Crippen molar-refractivity contribution in [2.24, 2.45) is 11.0 Å². The van der Waals surface area contributed by atoms with E-state index in [0.29, 0.717) is 25.3 Å². The monoisotopic (exact) mass is 388 g/mol. The van der Waals surface area contributed by atoms with Gasteiger partial charge in [-0.2, -0.15) is 0 Å². The largest absolute Gasteiger partial charge is 0.424 e. The fraction of sp³-hybridized carbons (Fsp3) is 0.267. The summed E-state index contributed by atoms with van der Waals surface area (Å²) in [6.45, 7) is 0.845. The van der Waals surface area contributed by atoms with Gasteiger partial charge in [-0.3, -0.25) is 4.79 Å². The Labute approximate surface area is 146 Å². The SMILES string of the molecule is [N-]=[N+]=NCC1CC(=O)N(c2cccc(Oc3ncc(Br)cn3)c2)C1. The lowest BCUT2D eigenvalue weighted by Crippen LogP contribution is -2.24. The molecule has 2 aromatic rings. The van der Waals surface area contributed by atoms with Crippen LogP contribution >= 0.6 is 15.9 Å². The number of ether oxygens (including phenoxy) is 1. The first-order valence-corrected chi connectivity index (χ1v) is 8.01. The van der Waals surface area contributed by atoms with Crippen LogP contribution in [-0.4, -0.2) is 29.0 Å². The van der Waals surface area contributed by atoms with E-state index in [1.54, 1.807) is 35.5 Å². The topological polar surface area (TPSA) is 104 Å². The molecule has 0 bridgehead atoms. The number of nitrogens with zero attached hydrogens (tertiary/aromatic N) is 6. The Morgan fingerprint density at radius 3 is 2.96 bits per heavy atom. The average molecular weight is 389 g/mol. The number of hydrogen-bond acceptors (Lipinski definition) is 5. The van der Waals surface area contributed by atoms with Crippen LogP contribution in [0.25, 0.3) is 10.4 Å². The summed E-state index contributed by atoms with van der Waals surface area (Å²) < 4.78 is 6.37. The first-order chi connectivity index (χ1) is 11.7. The summed E-state index contributed by atoms with van der Waals surface area (Å²) >= 11 is 3.26. The quantitative estimate of drug-likeness (QED) is 0.442. The van der Waals surface area contributed by atoms with Crippen molar-refractivity contribution in [1.82, 2.24) is 9.97 Å². The van der Waals surface area contributed by atoms with Crippen LogP contribution in [0.15, 0.2) is 46.2 Å². The minimum atomic E-state index is 0.00480. The molecule has 1 saturated heterocycles. The maximum atomic E-state index is 12.2. The number of rotatable bonds is 5. The smallest absolute Gasteiger partial charge is 0.321 e. The Morgan fingerprint density at radius 1 is 1.42 bits per heavy atom. The molecule has 1 aliphatic heterocycles. The van der Waals surface area contributed by atoms with Crippen molar-refractivity contribution in [3.63, 3.8) is 0 Å². The van der Waals surface area contributed by atoms with Crippen molar-refractivity contribution in [2.75, 3.05) is 18.0 Å². The van der Waals surface area contributed by atoms with Gasteiger partial charge >= 0.3 is 6.01 Å². The number of benzene rings is 1. The van der Waals surface area contributed by atoms with Gasteiger partial charge in [0.1, 0.15) is 5.75 Å². The van der Waals surface area contributed by atoms with Crippen molar-refractivity contribution in [3.05, 3.63) is 51.6 Å². The summed E-state index contributed by atoms with van der Waals surface area (Å²) in [6.07, 6.45) is 3.56. The summed E-state index contributed by atoms with van der Waals surface area (Å²) in [6, 6.07) is 7.40. The lowest BCUT2D eigenvalue weighted by Gasteiger charge is -2.17. The molecule has 122 valence electrons. The van der Waals surface area contributed by atoms with Crippen LogP contribution in [0.3, 0.4) is 0 Å². The number of amides is 1. The van der Waals surface area contributed by atoms with E-state index in [0.717, 1.165) is 10.2 Å². The maximum Gasteiger partial charge on any atom is 0.321 e. The van der Waals surface area contributed by atoms with Crippen LogP contribution in [0, 0.1) is 5.92 Å². The fourth-order valence-electron chi connectivity index (χ4n) is 2.48. The second-order valence-electron chi connectivity index (χ2n) is 5.27. The lowest BCUT2D eigenvalue weighted by molar-refractivity contribution is -0.117. The molecule has 24 heavy (non-hydrogen) atoms. The van der Waals surface area contributed by atoms with Crippen LogP contribution in [0.2, 0.25) is 0 Å². The molecule has 0 spiro atoms. The molecule has 1 amide bonds. The molecule has 1 fully saturated rings. The normalized spacial score (nSPS) is 16.8. The molecule has 1 aromatic heterocycles. The van der Waals surface area contributed by atoms with Crippen LogP contribution in [0.4, 0.5) is 5.69 Å². The first kappa shape index (κ1) is 16.2. The number of azide groups is 1. The second kappa shape index (κ2) is 7.29. The van der Waals surface area contributed by atoms with Gasteiger partial charge in [-0.05, 0) is 39.5 Å². The van der Waals surface area contributed by atoms with E-state index in [-0.39, 0.29) is 17.8 Å². The fourth-order valence-corrected chi connectivity index (χ4v) is 2.68. The molecule has 2 heterocycles. The van der Waals surface area contributed by atoms with Gasteiger partial charge < -0.3 is 9.64 Å². The second-order valence-corrected chi connectivity index (χ2v) is 6.19. The number of carbonyl (C=O) groups is 1. The Morgan fingerprint density at radius 2 is 2.21 bits per heavy atom. The molecule has 8 nitrogen and oxygen atoms in total. The highest BCUT2D eigenvalue weighted by molar-refractivity contribution is 9.10. The summed E-state index contributed by atoms with van der Waals surface area (Å²) in [5, 5.41) is 3.55. The van der Waals surface area contributed by atoms with Gasteiger partial charge in [0, 0.05) is 48.6 Å². The predicted octanol–water partition coefficient (Wildman–Crippen LogP) is 3.69. The van der Waals surface area contributed by atoms with Crippen molar-refractivity contribution >= 4 is 27.5 Å². The van der Waals surface area contributed by atoms with E-state index in [1.165, 1.54) is 0 Å². The number of anilines is 1. The number of hydrogen-bond donors (Lipinski definition) is 0. The minimum absolute atomic E-state index is 0.00480. The highest BCUT2D eigenvalue weighted by Gasteiger charge is 2.30. The van der Waals surface area contributed by atoms with Crippen molar-refractivity contribution < 1.29 is 9.53 Å². The molecule has 1 unspecified atom stereocenters. The predicted molar refractivity (Wildman–Crippen MR) is 90.7 cm³/mol. The Hall–Kier alpha value is -2.64. The van der Waals surface area contributed by atoms with Gasteiger partial charge in [-0.1, -0.05) is 11.2 Å². The van der Waals surface area contributed by atoms with Crippen LogP contribution < -0.4 is 9.64 Å². The molecule has 1 aliphatic rings. The zero-order valence-electron chi connectivity index (χ0n) is 12.5. The molecular weight excluding hydrogens is 376 g/mol. The summed E-state index contributed by atoms with van der Waals surface area (Å²) in [4.78, 5) is 24.7. The third kappa shape index (κ3) is 3.81. The Balaban J connectivity index is 1.74. The molecular formula is C15H13BrN6O2. The molecule has 1 atom stereocenters. The summed E-state index contributed by atoms with van der Waals surface area (Å²) in [7, 11) is 0. The van der Waals surface area contributed by atoms with Gasteiger partial charge in [0.05, 0.1) is 4.47 Å². The standard InChI is InChI=1S/C15H13BrN6O2/c16-11-7-18-15(19-8-11)24-13-3-1-2-12(5-13)22-9-10(4-14(22)23)6-20-21-17/h1-3,5,7-8,10H,4,6,9H2. The van der Waals surface area contributed by atoms with Gasteiger partial charge in [-0.25, -0.2) is 9.97 Å². The third-order valence-corrected chi connectivity index (χ3v) is 3.95. The molecule has 0 N–H and O–H groups in total. The maximum absolute atomic E-state index is 12.2. The number of carbonyl (C=O) groups excluding carboxylic acids is 1. The van der Waals surface area contributed by atoms with Crippen molar-refractivity contribution in [2.45, 2.75) is 6.42 Å². The van der Waals surface area contributed by atoms with Gasteiger partial charge in [-0.15, -0.1) is 0 Å². The summed E-state index contributed by atoms with van der Waals surface area (Å²) in [5.74, 6) is 0.582. The molecule has 1 aromatic carbocycles. The Bertz CT molecular complexity index is 791. The van der Waals surface area contributed by atoms with Gasteiger partial charge in [0.25, 0.3) is 0 Å². The first-order valence-electron chi connectivity index (χ1n) is 7.22. The molecule has 3 rings (SSSR count). The van der Waals surface area contributed by atoms with E-state index in [2.05, 4.69) is 35.9 Å². The lowest BCUT2D eigenvalue weighted by atomic mass is 10.1. The molecule has 9 heteroatoms. The highest BCUT2D eigenvalue weighted by Crippen LogP contribution is 2.29. The molecule has 0 aliphatic carbocycles. The average Bonchev–Trinajstić information content (AvgIpc) is 2.96. The summed E-state index contributed by atoms with van der Waals surface area (Å²) in [5.41, 5.74) is 9.13. The van der Waals surface area contributed by atoms with Crippen molar-refractivity contribution in [3.8, 4) is 11.8 Å². The van der Waals surface area contributed by atoms with E-state index in [1.807, 2.05) is 6.07 Å². The number of halogens is 1.